The predicted molar refractivity (Wildman–Crippen MR) is 136 cm³/mol. The molecule has 1 amide bonds. The van der Waals surface area contributed by atoms with Gasteiger partial charge in [0.2, 0.25) is 5.91 Å². The first kappa shape index (κ1) is 25.5. The first-order chi connectivity index (χ1) is 16.9. The first-order valence-electron chi connectivity index (χ1n) is 13.4. The highest BCUT2D eigenvalue weighted by Gasteiger charge is 2.41. The topological polar surface area (TPSA) is 81.5 Å². The highest BCUT2D eigenvalue weighted by molar-refractivity contribution is 6.06. The van der Waals surface area contributed by atoms with E-state index in [-0.39, 0.29) is 30.1 Å². The van der Waals surface area contributed by atoms with Crippen molar-refractivity contribution >= 4 is 28.4 Å². The number of rotatable bonds is 4. The van der Waals surface area contributed by atoms with E-state index in [4.69, 9.17) is 4.74 Å². The van der Waals surface area contributed by atoms with Crippen LogP contribution < -0.4 is 0 Å². The zero-order valence-electron chi connectivity index (χ0n) is 21.5. The van der Waals surface area contributed by atoms with E-state index >= 15 is 0 Å². The quantitative estimate of drug-likeness (QED) is 0.593. The van der Waals surface area contributed by atoms with Crippen LogP contribution in [0.1, 0.15) is 93.8 Å². The molecule has 2 aromatic rings. The van der Waals surface area contributed by atoms with Crippen LogP contribution >= 0.6 is 0 Å². The minimum atomic E-state index is -0.538. The summed E-state index contributed by atoms with van der Waals surface area (Å²) in [6, 6.07) is 3.73. The van der Waals surface area contributed by atoms with Crippen LogP contribution in [0, 0.1) is 0 Å². The Labute approximate surface area is 208 Å². The zero-order valence-corrected chi connectivity index (χ0v) is 21.5. The molecule has 0 spiro atoms. The summed E-state index contributed by atoms with van der Waals surface area (Å²) in [7, 11) is 0. The molecule has 0 radical (unpaired) electrons. The molecule has 7 nitrogen and oxygen atoms in total. The summed E-state index contributed by atoms with van der Waals surface area (Å²) in [5, 5.41) is 5.47. The van der Waals surface area contributed by atoms with Gasteiger partial charge in [0.1, 0.15) is 18.3 Å². The number of hydrogen-bond donors (Lipinski definition) is 0. The van der Waals surface area contributed by atoms with Gasteiger partial charge in [-0.3, -0.25) is 19.1 Å². The van der Waals surface area contributed by atoms with Crippen LogP contribution in [-0.2, 0) is 33.7 Å². The largest absolute Gasteiger partial charge is 0.376 e. The molecule has 35 heavy (non-hydrogen) atoms. The third-order valence-electron chi connectivity index (χ3n) is 7.52. The number of Topliss-reactive ketones (excluding diaryl/α,β-unsaturated/α-hetero) is 2. The van der Waals surface area contributed by atoms with Crippen molar-refractivity contribution in [1.82, 2.24) is 14.7 Å². The second kappa shape index (κ2) is 11.5. The van der Waals surface area contributed by atoms with E-state index in [2.05, 4.69) is 24.2 Å². The van der Waals surface area contributed by atoms with Gasteiger partial charge >= 0.3 is 0 Å². The number of aryl methyl sites for hydroxylation is 2. The SMILES string of the molecule is CCC(=O)[C@@H]1[C@H]2CCN1C(=O)Cn1nc(C(C)=O)c3cc(CC)cc(c31)CCCCCCCCO2. The summed E-state index contributed by atoms with van der Waals surface area (Å²) < 4.78 is 7.85. The molecule has 3 heterocycles. The van der Waals surface area contributed by atoms with Crippen molar-refractivity contribution in [3.63, 3.8) is 0 Å². The molecule has 0 aliphatic carbocycles. The average Bonchev–Trinajstić information content (AvgIpc) is 3.43. The molecule has 0 N–H and O–H groups in total. The Balaban J connectivity index is 1.76. The maximum Gasteiger partial charge on any atom is 0.245 e. The second-order valence-electron chi connectivity index (χ2n) is 9.99. The van der Waals surface area contributed by atoms with E-state index in [0.29, 0.717) is 31.7 Å². The fourth-order valence-electron chi connectivity index (χ4n) is 5.63. The van der Waals surface area contributed by atoms with Gasteiger partial charge in [-0.25, -0.2) is 0 Å². The van der Waals surface area contributed by atoms with Crippen LogP contribution in [0.3, 0.4) is 0 Å². The van der Waals surface area contributed by atoms with Crippen LogP contribution in [0.4, 0.5) is 0 Å². The van der Waals surface area contributed by atoms with E-state index in [9.17, 15) is 14.4 Å². The van der Waals surface area contributed by atoms with Crippen molar-refractivity contribution in [3.8, 4) is 0 Å². The van der Waals surface area contributed by atoms with Crippen LogP contribution in [0.5, 0.6) is 0 Å². The Morgan fingerprint density at radius 3 is 2.54 bits per heavy atom. The average molecular weight is 482 g/mol. The van der Waals surface area contributed by atoms with Gasteiger partial charge in [0.15, 0.2) is 11.6 Å². The van der Waals surface area contributed by atoms with Crippen molar-refractivity contribution < 1.29 is 19.1 Å². The normalized spacial score (nSPS) is 22.4. The Kier molecular flexibility index (Phi) is 8.37. The standard InChI is InChI=1S/C28H39N3O4/c1-4-20-16-21-12-10-8-6-7-9-11-15-35-24-13-14-30(28(24)23(33)5-2)25(34)18-31-27(21)22(17-20)26(29-31)19(3)32/h16-17,24,28H,4-15,18H2,1-3H3/t24-,28-/m1/s1. The number of fused-ring (bicyclic) bond motifs is 2. The Hall–Kier alpha value is -2.54. The van der Waals surface area contributed by atoms with Crippen LogP contribution in [0.2, 0.25) is 0 Å². The molecule has 0 unspecified atom stereocenters. The van der Waals surface area contributed by atoms with Gasteiger partial charge in [-0.2, -0.15) is 5.10 Å². The third-order valence-corrected chi connectivity index (χ3v) is 7.52. The van der Waals surface area contributed by atoms with Gasteiger partial charge in [-0.05, 0) is 49.3 Å². The van der Waals surface area contributed by atoms with Gasteiger partial charge in [-0.15, -0.1) is 0 Å². The Morgan fingerprint density at radius 1 is 1.09 bits per heavy atom. The molecule has 0 saturated carbocycles. The van der Waals surface area contributed by atoms with Crippen LogP contribution in [0.25, 0.3) is 10.9 Å². The van der Waals surface area contributed by atoms with E-state index in [0.717, 1.165) is 55.0 Å². The molecule has 1 fully saturated rings. The summed E-state index contributed by atoms with van der Waals surface area (Å²) in [5.74, 6) is -0.199. The summed E-state index contributed by atoms with van der Waals surface area (Å²) in [6.07, 6.45) is 9.24. The highest BCUT2D eigenvalue weighted by Crippen LogP contribution is 2.29. The maximum absolute atomic E-state index is 13.6. The number of ether oxygens (including phenoxy) is 1. The number of hydrogen-bond acceptors (Lipinski definition) is 5. The number of ketones is 2. The van der Waals surface area contributed by atoms with Crippen molar-refractivity contribution in [2.75, 3.05) is 13.2 Å². The van der Waals surface area contributed by atoms with Crippen LogP contribution in [-0.4, -0.2) is 57.5 Å². The molecule has 2 atom stereocenters. The zero-order chi connectivity index (χ0) is 24.9. The maximum atomic E-state index is 13.6. The Morgan fingerprint density at radius 2 is 1.83 bits per heavy atom. The predicted octanol–water partition coefficient (Wildman–Crippen LogP) is 4.66. The lowest BCUT2D eigenvalue weighted by molar-refractivity contribution is -0.141. The van der Waals surface area contributed by atoms with E-state index in [1.165, 1.54) is 25.3 Å². The third kappa shape index (κ3) is 5.50. The smallest absolute Gasteiger partial charge is 0.245 e. The molecule has 1 aromatic carbocycles. The molecule has 4 rings (SSSR count). The fraction of sp³-hybridized carbons (Fsp3) is 0.643. The molecule has 2 aliphatic rings. The Bertz CT molecular complexity index is 1090. The number of amides is 1. The highest BCUT2D eigenvalue weighted by atomic mass is 16.5. The monoisotopic (exact) mass is 481 g/mol. The molecule has 1 saturated heterocycles. The summed E-state index contributed by atoms with van der Waals surface area (Å²) >= 11 is 0. The van der Waals surface area contributed by atoms with Gasteiger partial charge in [0, 0.05) is 31.9 Å². The summed E-state index contributed by atoms with van der Waals surface area (Å²) in [6.45, 7) is 6.64. The molecular weight excluding hydrogens is 442 g/mol. The molecule has 2 aliphatic heterocycles. The van der Waals surface area contributed by atoms with Crippen molar-refractivity contribution in [3.05, 3.63) is 29.0 Å². The van der Waals surface area contributed by atoms with Gasteiger partial charge in [-0.1, -0.05) is 45.6 Å². The van der Waals surface area contributed by atoms with Gasteiger partial charge in [0.05, 0.1) is 11.6 Å². The minimum Gasteiger partial charge on any atom is -0.376 e. The van der Waals surface area contributed by atoms with Crippen molar-refractivity contribution in [1.29, 1.82) is 0 Å². The number of aromatic nitrogens is 2. The molecular formula is C28H39N3O4. The minimum absolute atomic E-state index is 0.0163. The van der Waals surface area contributed by atoms with Gasteiger partial charge in [0.25, 0.3) is 0 Å². The lowest BCUT2D eigenvalue weighted by Gasteiger charge is -2.27. The number of benzene rings is 1. The lowest BCUT2D eigenvalue weighted by atomic mass is 9.98. The van der Waals surface area contributed by atoms with Crippen molar-refractivity contribution in [2.45, 2.75) is 104 Å². The van der Waals surface area contributed by atoms with Crippen LogP contribution in [0.15, 0.2) is 12.1 Å². The van der Waals surface area contributed by atoms with E-state index < -0.39 is 6.04 Å². The lowest BCUT2D eigenvalue weighted by Crippen LogP contribution is -2.47. The van der Waals surface area contributed by atoms with E-state index in [1.807, 2.05) is 6.92 Å². The fourth-order valence-corrected chi connectivity index (χ4v) is 5.63. The molecule has 7 heteroatoms. The second-order valence-corrected chi connectivity index (χ2v) is 9.99. The molecule has 2 bridgehead atoms. The number of nitrogens with zero attached hydrogens (tertiary/aromatic N) is 3. The number of carbonyl (C=O) groups is 3. The van der Waals surface area contributed by atoms with Crippen molar-refractivity contribution in [2.24, 2.45) is 0 Å². The molecule has 190 valence electrons. The van der Waals surface area contributed by atoms with E-state index in [1.54, 1.807) is 9.58 Å². The molecule has 1 aromatic heterocycles. The summed E-state index contributed by atoms with van der Waals surface area (Å²) in [5.41, 5.74) is 3.64. The first-order valence-corrected chi connectivity index (χ1v) is 13.4. The van der Waals surface area contributed by atoms with Gasteiger partial charge < -0.3 is 9.64 Å². The summed E-state index contributed by atoms with van der Waals surface area (Å²) in [4.78, 5) is 40.6. The number of carbonyl (C=O) groups excluding carboxylic acids is 3.